The number of carbonyl (C=O) groups is 1. The topological polar surface area (TPSA) is 86.5 Å². The molecule has 0 spiro atoms. The van der Waals surface area contributed by atoms with Crippen LogP contribution in [0.5, 0.6) is 0 Å². The molecule has 19 heavy (non-hydrogen) atoms. The lowest BCUT2D eigenvalue weighted by molar-refractivity contribution is 0.102. The number of fused-ring (bicyclic) bond motifs is 1. The number of nitrogens with zero attached hydrogens (tertiary/aromatic N) is 2. The van der Waals surface area contributed by atoms with Crippen LogP contribution in [0.2, 0.25) is 0 Å². The third-order valence-corrected chi connectivity index (χ3v) is 2.93. The van der Waals surface area contributed by atoms with E-state index in [2.05, 4.69) is 25.5 Å². The summed E-state index contributed by atoms with van der Waals surface area (Å²) in [5, 5.41) is 9.42. The van der Waals surface area contributed by atoms with Gasteiger partial charge in [-0.25, -0.2) is 4.98 Å². The average Bonchev–Trinajstić information content (AvgIpc) is 2.93. The molecule has 0 fully saturated rings. The first-order valence-corrected chi connectivity index (χ1v) is 5.91. The van der Waals surface area contributed by atoms with E-state index in [0.29, 0.717) is 5.56 Å². The number of imidazole rings is 1. The number of aryl methyl sites for hydroxylation is 2. The quantitative estimate of drug-likeness (QED) is 0.655. The van der Waals surface area contributed by atoms with Gasteiger partial charge in [0, 0.05) is 11.4 Å². The van der Waals surface area contributed by atoms with Crippen LogP contribution in [0.25, 0.3) is 11.0 Å². The summed E-state index contributed by atoms with van der Waals surface area (Å²) in [5.74, 6) is 0.672. The Morgan fingerprint density at radius 2 is 2.16 bits per heavy atom. The summed E-state index contributed by atoms with van der Waals surface area (Å²) >= 11 is 0. The van der Waals surface area contributed by atoms with Crippen LogP contribution < -0.4 is 5.32 Å². The summed E-state index contributed by atoms with van der Waals surface area (Å²) in [6.45, 7) is 3.70. The van der Waals surface area contributed by atoms with Gasteiger partial charge < -0.3 is 10.3 Å². The van der Waals surface area contributed by atoms with Gasteiger partial charge in [0.1, 0.15) is 5.82 Å². The van der Waals surface area contributed by atoms with Crippen molar-refractivity contribution in [1.29, 1.82) is 0 Å². The Labute approximate surface area is 109 Å². The Morgan fingerprint density at radius 1 is 1.32 bits per heavy atom. The summed E-state index contributed by atoms with van der Waals surface area (Å²) in [6.07, 6.45) is 1.52. The third kappa shape index (κ3) is 2.08. The van der Waals surface area contributed by atoms with E-state index >= 15 is 0 Å². The van der Waals surface area contributed by atoms with E-state index in [1.165, 1.54) is 6.20 Å². The molecule has 6 nitrogen and oxygen atoms in total. The van der Waals surface area contributed by atoms with Crippen LogP contribution in [-0.4, -0.2) is 26.1 Å². The number of anilines is 1. The molecular formula is C13H13N5O. The van der Waals surface area contributed by atoms with Crippen molar-refractivity contribution in [3.63, 3.8) is 0 Å². The van der Waals surface area contributed by atoms with Crippen molar-refractivity contribution in [3.05, 3.63) is 41.5 Å². The Kier molecular flexibility index (Phi) is 2.56. The first kappa shape index (κ1) is 11.5. The van der Waals surface area contributed by atoms with Gasteiger partial charge in [0.25, 0.3) is 5.91 Å². The highest BCUT2D eigenvalue weighted by atomic mass is 16.1. The Balaban J connectivity index is 1.89. The molecule has 1 aromatic carbocycles. The fourth-order valence-corrected chi connectivity index (χ4v) is 1.99. The van der Waals surface area contributed by atoms with Gasteiger partial charge in [0.2, 0.25) is 0 Å². The van der Waals surface area contributed by atoms with Crippen molar-refractivity contribution in [1.82, 2.24) is 20.2 Å². The molecule has 0 aliphatic rings. The monoisotopic (exact) mass is 255 g/mol. The smallest absolute Gasteiger partial charge is 0.259 e. The summed E-state index contributed by atoms with van der Waals surface area (Å²) in [4.78, 5) is 19.5. The van der Waals surface area contributed by atoms with Crippen LogP contribution in [-0.2, 0) is 0 Å². The standard InChI is InChI=1S/C13H13N5O/c1-7-10(6-14-18-7)13(19)17-9-3-4-11-12(5-9)16-8(2)15-11/h3-6H,1-2H3,(H,14,18)(H,15,16)(H,17,19). The second-order valence-corrected chi connectivity index (χ2v) is 4.42. The maximum absolute atomic E-state index is 12.0. The van der Waals surface area contributed by atoms with Gasteiger partial charge in [0.15, 0.2) is 0 Å². The number of hydrogen-bond donors (Lipinski definition) is 3. The Hall–Kier alpha value is -2.63. The van der Waals surface area contributed by atoms with E-state index in [-0.39, 0.29) is 5.91 Å². The number of carbonyl (C=O) groups excluding carboxylic acids is 1. The van der Waals surface area contributed by atoms with Crippen molar-refractivity contribution in [2.75, 3.05) is 5.32 Å². The number of nitrogens with one attached hydrogen (secondary N) is 3. The molecule has 0 unspecified atom stereocenters. The highest BCUT2D eigenvalue weighted by Gasteiger charge is 2.11. The van der Waals surface area contributed by atoms with Crippen LogP contribution in [0.1, 0.15) is 21.9 Å². The van der Waals surface area contributed by atoms with Crippen molar-refractivity contribution in [3.8, 4) is 0 Å². The molecule has 2 heterocycles. The first-order valence-electron chi connectivity index (χ1n) is 5.91. The average molecular weight is 255 g/mol. The highest BCUT2D eigenvalue weighted by Crippen LogP contribution is 2.18. The van der Waals surface area contributed by atoms with E-state index in [1.54, 1.807) is 0 Å². The molecule has 3 aromatic rings. The predicted molar refractivity (Wildman–Crippen MR) is 72.1 cm³/mol. The SMILES string of the molecule is Cc1nc2ccc(NC(=O)c3cn[nH]c3C)cc2[nH]1. The molecule has 3 N–H and O–H groups in total. The van der Waals surface area contributed by atoms with E-state index in [1.807, 2.05) is 32.0 Å². The molecule has 0 atom stereocenters. The molecule has 0 saturated heterocycles. The van der Waals surface area contributed by atoms with Crippen molar-refractivity contribution >= 4 is 22.6 Å². The molecule has 6 heteroatoms. The zero-order chi connectivity index (χ0) is 13.4. The fraction of sp³-hybridized carbons (Fsp3) is 0.154. The summed E-state index contributed by atoms with van der Waals surface area (Å²) in [7, 11) is 0. The Morgan fingerprint density at radius 3 is 2.89 bits per heavy atom. The highest BCUT2D eigenvalue weighted by molar-refractivity contribution is 6.05. The number of aromatic amines is 2. The molecule has 0 aliphatic carbocycles. The molecule has 0 saturated carbocycles. The lowest BCUT2D eigenvalue weighted by atomic mass is 10.2. The zero-order valence-corrected chi connectivity index (χ0v) is 10.6. The van der Waals surface area contributed by atoms with Crippen LogP contribution in [0, 0.1) is 13.8 Å². The second-order valence-electron chi connectivity index (χ2n) is 4.42. The lowest BCUT2D eigenvalue weighted by Gasteiger charge is -2.04. The van der Waals surface area contributed by atoms with Gasteiger partial charge in [-0.3, -0.25) is 9.89 Å². The third-order valence-electron chi connectivity index (χ3n) is 2.93. The van der Waals surface area contributed by atoms with Crippen LogP contribution >= 0.6 is 0 Å². The number of rotatable bonds is 2. The first-order chi connectivity index (χ1) is 9.13. The van der Waals surface area contributed by atoms with E-state index < -0.39 is 0 Å². The van der Waals surface area contributed by atoms with Crippen LogP contribution in [0.3, 0.4) is 0 Å². The number of hydrogen-bond acceptors (Lipinski definition) is 3. The lowest BCUT2D eigenvalue weighted by Crippen LogP contribution is -2.12. The molecule has 0 bridgehead atoms. The van der Waals surface area contributed by atoms with Gasteiger partial charge in [0.05, 0.1) is 22.8 Å². The minimum Gasteiger partial charge on any atom is -0.342 e. The molecule has 3 rings (SSSR count). The van der Waals surface area contributed by atoms with E-state index in [4.69, 9.17) is 0 Å². The molecule has 1 amide bonds. The maximum atomic E-state index is 12.0. The van der Waals surface area contributed by atoms with Crippen molar-refractivity contribution in [2.24, 2.45) is 0 Å². The van der Waals surface area contributed by atoms with Crippen molar-refractivity contribution in [2.45, 2.75) is 13.8 Å². The number of amides is 1. The predicted octanol–water partition coefficient (Wildman–Crippen LogP) is 2.16. The largest absolute Gasteiger partial charge is 0.342 e. The molecule has 2 aromatic heterocycles. The fourth-order valence-electron chi connectivity index (χ4n) is 1.99. The molecule has 0 radical (unpaired) electrons. The summed E-state index contributed by atoms with van der Waals surface area (Å²) in [5.41, 5.74) is 3.80. The van der Waals surface area contributed by atoms with Crippen molar-refractivity contribution < 1.29 is 4.79 Å². The number of aromatic nitrogens is 4. The van der Waals surface area contributed by atoms with Gasteiger partial charge >= 0.3 is 0 Å². The van der Waals surface area contributed by atoms with Crippen LogP contribution in [0.4, 0.5) is 5.69 Å². The minimum absolute atomic E-state index is 0.179. The van der Waals surface area contributed by atoms with E-state index in [0.717, 1.165) is 28.2 Å². The minimum atomic E-state index is -0.179. The zero-order valence-electron chi connectivity index (χ0n) is 10.6. The Bertz CT molecular complexity index is 755. The molecule has 96 valence electrons. The number of benzene rings is 1. The number of H-pyrrole nitrogens is 2. The van der Waals surface area contributed by atoms with Gasteiger partial charge in [-0.15, -0.1) is 0 Å². The molecule has 0 aliphatic heterocycles. The second kappa shape index (κ2) is 4.24. The van der Waals surface area contributed by atoms with Gasteiger partial charge in [-0.2, -0.15) is 5.10 Å². The molecular weight excluding hydrogens is 242 g/mol. The normalized spacial score (nSPS) is 10.8. The van der Waals surface area contributed by atoms with E-state index in [9.17, 15) is 4.79 Å². The van der Waals surface area contributed by atoms with Crippen LogP contribution in [0.15, 0.2) is 24.4 Å². The summed E-state index contributed by atoms with van der Waals surface area (Å²) in [6, 6.07) is 5.56. The van der Waals surface area contributed by atoms with Gasteiger partial charge in [-0.05, 0) is 32.0 Å². The van der Waals surface area contributed by atoms with Gasteiger partial charge in [-0.1, -0.05) is 0 Å². The summed E-state index contributed by atoms with van der Waals surface area (Å²) < 4.78 is 0. The maximum Gasteiger partial charge on any atom is 0.259 e.